The van der Waals surface area contributed by atoms with Crippen LogP contribution in [0.1, 0.15) is 32.5 Å². The van der Waals surface area contributed by atoms with Gasteiger partial charge in [0, 0.05) is 10.8 Å². The zero-order valence-electron chi connectivity index (χ0n) is 12.5. The fraction of sp³-hybridized carbons (Fsp3) is 0.158. The van der Waals surface area contributed by atoms with Crippen LogP contribution in [0, 0.1) is 0 Å². The van der Waals surface area contributed by atoms with Gasteiger partial charge in [0.25, 0.3) is 5.78 Å². The molecule has 1 unspecified atom stereocenters. The maximum Gasteiger partial charge on any atom is 0.380 e. The second kappa shape index (κ2) is 7.20. The van der Waals surface area contributed by atoms with E-state index in [1.807, 2.05) is 48.6 Å². The highest BCUT2D eigenvalue weighted by molar-refractivity contribution is 7.15. The van der Waals surface area contributed by atoms with Crippen molar-refractivity contribution in [3.8, 4) is 0 Å². The Morgan fingerprint density at radius 1 is 1.09 bits per heavy atom. The predicted molar refractivity (Wildman–Crippen MR) is 90.5 cm³/mol. The fourth-order valence-electron chi connectivity index (χ4n) is 2.35. The number of ether oxygens (including phenoxy) is 1. The second-order valence-electron chi connectivity index (χ2n) is 5.25. The molecule has 1 atom stereocenters. The molecule has 116 valence electrons. The minimum absolute atomic E-state index is 0.111. The van der Waals surface area contributed by atoms with Crippen molar-refractivity contribution in [2.75, 3.05) is 0 Å². The van der Waals surface area contributed by atoms with E-state index in [4.69, 9.17) is 4.74 Å². The Hall–Kier alpha value is -2.46. The number of esters is 1. The largest absolute Gasteiger partial charge is 0.455 e. The molecule has 0 amide bonds. The van der Waals surface area contributed by atoms with E-state index in [1.165, 1.54) is 11.3 Å². The lowest BCUT2D eigenvalue weighted by molar-refractivity contribution is -0.139. The Morgan fingerprint density at radius 2 is 1.91 bits per heavy atom. The Labute approximate surface area is 138 Å². The number of hydrogen-bond donors (Lipinski definition) is 0. The molecule has 0 saturated carbocycles. The topological polar surface area (TPSA) is 43.4 Å². The average molecular weight is 324 g/mol. The van der Waals surface area contributed by atoms with Crippen LogP contribution in [0.5, 0.6) is 0 Å². The van der Waals surface area contributed by atoms with Crippen molar-refractivity contribution >= 4 is 23.1 Å². The van der Waals surface area contributed by atoms with Crippen LogP contribution < -0.4 is 0 Å². The third-order valence-corrected chi connectivity index (χ3v) is 4.81. The first-order chi connectivity index (χ1) is 11.2. The van der Waals surface area contributed by atoms with Gasteiger partial charge in [0.1, 0.15) is 6.61 Å². The van der Waals surface area contributed by atoms with Gasteiger partial charge >= 0.3 is 5.97 Å². The van der Waals surface area contributed by atoms with E-state index in [0.717, 1.165) is 16.9 Å². The highest BCUT2D eigenvalue weighted by Gasteiger charge is 2.21. The van der Waals surface area contributed by atoms with Crippen molar-refractivity contribution < 1.29 is 14.3 Å². The zero-order chi connectivity index (χ0) is 16.1. The number of thiophene rings is 1. The molecule has 1 heterocycles. The number of benzene rings is 1. The van der Waals surface area contributed by atoms with Crippen molar-refractivity contribution in [1.29, 1.82) is 0 Å². The molecule has 0 fully saturated rings. The van der Waals surface area contributed by atoms with Crippen molar-refractivity contribution in [3.63, 3.8) is 0 Å². The summed E-state index contributed by atoms with van der Waals surface area (Å²) in [5.41, 5.74) is 0.861. The zero-order valence-corrected chi connectivity index (χ0v) is 13.3. The third kappa shape index (κ3) is 3.85. The number of allylic oxidation sites excluding steroid dienone is 4. The lowest BCUT2D eigenvalue weighted by atomic mass is 9.99. The van der Waals surface area contributed by atoms with Gasteiger partial charge in [-0.25, -0.2) is 4.79 Å². The summed E-state index contributed by atoms with van der Waals surface area (Å²) >= 11 is 1.36. The molecule has 0 saturated heterocycles. The smallest absolute Gasteiger partial charge is 0.380 e. The monoisotopic (exact) mass is 324 g/mol. The van der Waals surface area contributed by atoms with E-state index in [9.17, 15) is 9.59 Å². The molecule has 2 aromatic rings. The fourth-order valence-corrected chi connectivity index (χ4v) is 3.38. The van der Waals surface area contributed by atoms with Gasteiger partial charge in [0.05, 0.1) is 4.88 Å². The van der Waals surface area contributed by atoms with Gasteiger partial charge in [0.2, 0.25) is 0 Å². The first kappa shape index (κ1) is 15.4. The van der Waals surface area contributed by atoms with Crippen LogP contribution in [0.2, 0.25) is 0 Å². The summed E-state index contributed by atoms with van der Waals surface area (Å²) < 4.78 is 5.09. The van der Waals surface area contributed by atoms with Crippen LogP contribution in [0.3, 0.4) is 0 Å². The highest BCUT2D eigenvalue weighted by Crippen LogP contribution is 2.30. The molecule has 0 radical (unpaired) electrons. The van der Waals surface area contributed by atoms with E-state index >= 15 is 0 Å². The summed E-state index contributed by atoms with van der Waals surface area (Å²) in [7, 11) is 0. The summed E-state index contributed by atoms with van der Waals surface area (Å²) in [6.07, 6.45) is 9.14. The summed E-state index contributed by atoms with van der Waals surface area (Å²) in [4.78, 5) is 25.6. The van der Waals surface area contributed by atoms with Crippen LogP contribution in [0.4, 0.5) is 0 Å². The van der Waals surface area contributed by atoms with Gasteiger partial charge in [0.15, 0.2) is 0 Å². The van der Waals surface area contributed by atoms with Crippen LogP contribution in [-0.2, 0) is 16.1 Å². The molecular weight excluding hydrogens is 308 g/mol. The van der Waals surface area contributed by atoms with Gasteiger partial charge in [-0.3, -0.25) is 4.79 Å². The molecule has 1 aromatic carbocycles. The van der Waals surface area contributed by atoms with E-state index in [2.05, 4.69) is 12.2 Å². The Kier molecular flexibility index (Phi) is 4.83. The maximum absolute atomic E-state index is 12.2. The molecule has 0 N–H and O–H groups in total. The normalized spacial score (nSPS) is 16.3. The van der Waals surface area contributed by atoms with Crippen molar-refractivity contribution in [1.82, 2.24) is 0 Å². The molecule has 23 heavy (non-hydrogen) atoms. The van der Waals surface area contributed by atoms with Crippen molar-refractivity contribution in [2.24, 2.45) is 0 Å². The lowest BCUT2D eigenvalue weighted by Gasteiger charge is -2.09. The number of rotatable bonds is 5. The Morgan fingerprint density at radius 3 is 2.65 bits per heavy atom. The minimum Gasteiger partial charge on any atom is -0.455 e. The van der Waals surface area contributed by atoms with Crippen molar-refractivity contribution in [3.05, 3.63) is 82.1 Å². The van der Waals surface area contributed by atoms with Gasteiger partial charge in [-0.15, -0.1) is 11.3 Å². The third-order valence-electron chi connectivity index (χ3n) is 3.59. The summed E-state index contributed by atoms with van der Waals surface area (Å²) in [5.74, 6) is -1.10. The summed E-state index contributed by atoms with van der Waals surface area (Å²) in [6.45, 7) is 0.111. The number of ketones is 1. The molecule has 1 aliphatic rings. The predicted octanol–water partition coefficient (Wildman–Crippen LogP) is 4.27. The number of carbonyl (C=O) groups excluding carboxylic acids is 2. The van der Waals surface area contributed by atoms with E-state index in [1.54, 1.807) is 6.07 Å². The molecule has 1 aromatic heterocycles. The quantitative estimate of drug-likeness (QED) is 0.468. The number of Topliss-reactive ketones (excluding diaryl/α,β-unsaturated/α-hetero) is 1. The highest BCUT2D eigenvalue weighted by atomic mass is 32.1. The van der Waals surface area contributed by atoms with E-state index in [-0.39, 0.29) is 12.5 Å². The molecule has 0 spiro atoms. The molecular formula is C19H16O3S. The van der Waals surface area contributed by atoms with E-state index < -0.39 is 11.8 Å². The molecule has 3 nitrogen and oxygen atoms in total. The maximum atomic E-state index is 12.2. The van der Waals surface area contributed by atoms with Gasteiger partial charge < -0.3 is 4.74 Å². The minimum atomic E-state index is -0.804. The van der Waals surface area contributed by atoms with Crippen LogP contribution in [0.25, 0.3) is 0 Å². The van der Waals surface area contributed by atoms with Gasteiger partial charge in [-0.2, -0.15) is 0 Å². The lowest BCUT2D eigenvalue weighted by Crippen LogP contribution is -2.16. The summed E-state index contributed by atoms with van der Waals surface area (Å²) in [6, 6.07) is 12.9. The Bertz CT molecular complexity index is 756. The number of carbonyl (C=O) groups is 2. The van der Waals surface area contributed by atoms with Gasteiger partial charge in [-0.05, 0) is 24.1 Å². The SMILES string of the molecule is O=C(OCc1ccccc1)C(=O)c1ccc(C2C=CC=CC2)s1. The van der Waals surface area contributed by atoms with Gasteiger partial charge in [-0.1, -0.05) is 54.6 Å². The standard InChI is InChI=1S/C19H16O3S/c20-18(19(21)22-13-14-7-3-1-4-8-14)17-12-11-16(23-17)15-9-5-2-6-10-15/h1-9,11-12,15H,10,13H2. The van der Waals surface area contributed by atoms with Crippen molar-refractivity contribution in [2.45, 2.75) is 18.9 Å². The molecule has 0 bridgehead atoms. The number of hydrogen-bond acceptors (Lipinski definition) is 4. The van der Waals surface area contributed by atoms with E-state index in [0.29, 0.717) is 4.88 Å². The molecule has 3 rings (SSSR count). The molecule has 4 heteroatoms. The summed E-state index contributed by atoms with van der Waals surface area (Å²) in [5, 5.41) is 0. The average Bonchev–Trinajstić information content (AvgIpc) is 3.11. The first-order valence-corrected chi connectivity index (χ1v) is 8.24. The molecule has 1 aliphatic carbocycles. The Balaban J connectivity index is 1.61. The first-order valence-electron chi connectivity index (χ1n) is 7.42. The molecule has 0 aliphatic heterocycles. The van der Waals surface area contributed by atoms with Crippen LogP contribution >= 0.6 is 11.3 Å². The van der Waals surface area contributed by atoms with Crippen LogP contribution in [0.15, 0.2) is 66.8 Å². The van der Waals surface area contributed by atoms with Crippen LogP contribution in [-0.4, -0.2) is 11.8 Å². The second-order valence-corrected chi connectivity index (χ2v) is 6.36.